The van der Waals surface area contributed by atoms with Crippen LogP contribution in [-0.2, 0) is 11.2 Å². The first-order valence-electron chi connectivity index (χ1n) is 6.30. The van der Waals surface area contributed by atoms with Gasteiger partial charge in [-0.15, -0.1) is 11.3 Å². The molecule has 1 heterocycles. The number of halogens is 1. The van der Waals surface area contributed by atoms with Crippen molar-refractivity contribution < 1.29 is 9.53 Å². The Balaban J connectivity index is 1.74. The Hall–Kier alpha value is -1.52. The second-order valence-electron chi connectivity index (χ2n) is 4.38. The Morgan fingerprint density at radius 2 is 2.20 bits per heavy atom. The molecule has 0 spiro atoms. The fourth-order valence-corrected chi connectivity index (χ4v) is 2.56. The molecule has 106 valence electrons. The maximum Gasteiger partial charge on any atom is 0.227 e. The average molecular weight is 310 g/mol. The molecule has 0 radical (unpaired) electrons. The van der Waals surface area contributed by atoms with Gasteiger partial charge in [0.2, 0.25) is 5.91 Å². The number of hydrogen-bond donors (Lipinski definition) is 0. The van der Waals surface area contributed by atoms with Gasteiger partial charge in [-0.1, -0.05) is 23.7 Å². The molecular weight excluding hydrogens is 294 g/mol. The minimum Gasteiger partial charge on any atom is -0.492 e. The lowest BCUT2D eigenvalue weighted by Gasteiger charge is -2.17. The molecule has 5 heteroatoms. The summed E-state index contributed by atoms with van der Waals surface area (Å²) in [6, 6.07) is 11.2. The minimum atomic E-state index is 0.0992. The van der Waals surface area contributed by atoms with Gasteiger partial charge in [0.25, 0.3) is 0 Å². The highest BCUT2D eigenvalue weighted by Crippen LogP contribution is 2.17. The van der Waals surface area contributed by atoms with Gasteiger partial charge >= 0.3 is 0 Å². The van der Waals surface area contributed by atoms with Crippen LogP contribution in [-0.4, -0.2) is 31.0 Å². The highest BCUT2D eigenvalue weighted by molar-refractivity contribution is 7.10. The van der Waals surface area contributed by atoms with Crippen molar-refractivity contribution in [3.63, 3.8) is 0 Å². The third kappa shape index (κ3) is 4.54. The Morgan fingerprint density at radius 1 is 1.35 bits per heavy atom. The monoisotopic (exact) mass is 309 g/mol. The van der Waals surface area contributed by atoms with Crippen LogP contribution < -0.4 is 4.74 Å². The van der Waals surface area contributed by atoms with Crippen LogP contribution in [0.2, 0.25) is 5.02 Å². The van der Waals surface area contributed by atoms with E-state index in [0.717, 1.165) is 10.6 Å². The van der Waals surface area contributed by atoms with Crippen LogP contribution >= 0.6 is 22.9 Å². The third-order valence-electron chi connectivity index (χ3n) is 2.82. The zero-order valence-electron chi connectivity index (χ0n) is 11.2. The second kappa shape index (κ2) is 7.31. The Morgan fingerprint density at radius 3 is 2.90 bits per heavy atom. The third-order valence-corrected chi connectivity index (χ3v) is 3.93. The van der Waals surface area contributed by atoms with Crippen LogP contribution in [0.15, 0.2) is 41.8 Å². The van der Waals surface area contributed by atoms with Crippen molar-refractivity contribution in [3.8, 4) is 5.75 Å². The van der Waals surface area contributed by atoms with Crippen LogP contribution in [0.3, 0.4) is 0 Å². The van der Waals surface area contributed by atoms with E-state index >= 15 is 0 Å². The SMILES string of the molecule is CN(CCOc1cccc(Cl)c1)C(=O)Cc1cccs1. The minimum absolute atomic E-state index is 0.0992. The normalized spacial score (nSPS) is 10.3. The van der Waals surface area contributed by atoms with E-state index in [0.29, 0.717) is 24.6 Å². The number of carbonyl (C=O) groups is 1. The number of benzene rings is 1. The Kier molecular flexibility index (Phi) is 5.44. The highest BCUT2D eigenvalue weighted by Gasteiger charge is 2.10. The molecule has 2 aromatic rings. The van der Waals surface area contributed by atoms with E-state index in [4.69, 9.17) is 16.3 Å². The van der Waals surface area contributed by atoms with Gasteiger partial charge in [0.05, 0.1) is 13.0 Å². The molecule has 0 saturated heterocycles. The van der Waals surface area contributed by atoms with Crippen LogP contribution in [0.5, 0.6) is 5.75 Å². The van der Waals surface area contributed by atoms with Crippen molar-refractivity contribution in [2.75, 3.05) is 20.2 Å². The number of carbonyl (C=O) groups excluding carboxylic acids is 1. The molecule has 0 aliphatic carbocycles. The van der Waals surface area contributed by atoms with Crippen LogP contribution in [0, 0.1) is 0 Å². The average Bonchev–Trinajstić information content (AvgIpc) is 2.91. The number of thiophene rings is 1. The molecule has 0 unspecified atom stereocenters. The number of ether oxygens (including phenoxy) is 1. The molecule has 2 rings (SSSR count). The molecule has 3 nitrogen and oxygen atoms in total. The number of likely N-dealkylation sites (N-methyl/N-ethyl adjacent to an activating group) is 1. The summed E-state index contributed by atoms with van der Waals surface area (Å²) in [5.41, 5.74) is 0. The number of rotatable bonds is 6. The zero-order valence-corrected chi connectivity index (χ0v) is 12.8. The molecule has 0 fully saturated rings. The molecule has 0 aliphatic heterocycles. The number of amides is 1. The summed E-state index contributed by atoms with van der Waals surface area (Å²) >= 11 is 7.47. The molecule has 1 aromatic carbocycles. The van der Waals surface area contributed by atoms with E-state index in [1.807, 2.05) is 29.6 Å². The topological polar surface area (TPSA) is 29.5 Å². The summed E-state index contributed by atoms with van der Waals surface area (Å²) in [6.07, 6.45) is 0.450. The van der Waals surface area contributed by atoms with E-state index in [2.05, 4.69) is 0 Å². The maximum absolute atomic E-state index is 12.0. The summed E-state index contributed by atoms with van der Waals surface area (Å²) in [5, 5.41) is 2.62. The van der Waals surface area contributed by atoms with Gasteiger partial charge in [0.15, 0.2) is 0 Å². The molecular formula is C15H16ClNO2S. The lowest BCUT2D eigenvalue weighted by Crippen LogP contribution is -2.31. The quantitative estimate of drug-likeness (QED) is 0.817. The maximum atomic E-state index is 12.0. The van der Waals surface area contributed by atoms with Crippen molar-refractivity contribution in [2.45, 2.75) is 6.42 Å². The predicted octanol–water partition coefficient (Wildman–Crippen LogP) is 3.48. The first-order chi connectivity index (χ1) is 9.65. The van der Waals surface area contributed by atoms with E-state index in [9.17, 15) is 4.79 Å². The molecule has 0 bridgehead atoms. The fourth-order valence-electron chi connectivity index (χ4n) is 1.68. The summed E-state index contributed by atoms with van der Waals surface area (Å²) in [6.45, 7) is 1.00. The standard InChI is InChI=1S/C15H16ClNO2S/c1-17(15(18)11-14-6-3-9-20-14)7-8-19-13-5-2-4-12(16)10-13/h2-6,9-10H,7-8,11H2,1H3. The summed E-state index contributed by atoms with van der Waals surface area (Å²) < 4.78 is 5.57. The van der Waals surface area contributed by atoms with Crippen molar-refractivity contribution in [1.82, 2.24) is 4.90 Å². The van der Waals surface area contributed by atoms with Gasteiger partial charge in [-0.3, -0.25) is 4.79 Å². The lowest BCUT2D eigenvalue weighted by molar-refractivity contribution is -0.129. The van der Waals surface area contributed by atoms with E-state index < -0.39 is 0 Å². The van der Waals surface area contributed by atoms with Crippen LogP contribution in [0.4, 0.5) is 0 Å². The molecule has 20 heavy (non-hydrogen) atoms. The number of hydrogen-bond acceptors (Lipinski definition) is 3. The Labute approximate surface area is 127 Å². The van der Waals surface area contributed by atoms with Crippen molar-refractivity contribution >= 4 is 28.8 Å². The first kappa shape index (κ1) is 14.9. The highest BCUT2D eigenvalue weighted by atomic mass is 35.5. The Bertz CT molecular complexity index is 557. The smallest absolute Gasteiger partial charge is 0.227 e. The van der Waals surface area contributed by atoms with Gasteiger partial charge in [-0.25, -0.2) is 0 Å². The van der Waals surface area contributed by atoms with Crippen LogP contribution in [0.25, 0.3) is 0 Å². The van der Waals surface area contributed by atoms with E-state index in [1.54, 1.807) is 35.4 Å². The van der Waals surface area contributed by atoms with Crippen LogP contribution in [0.1, 0.15) is 4.88 Å². The van der Waals surface area contributed by atoms with Crippen molar-refractivity contribution in [1.29, 1.82) is 0 Å². The van der Waals surface area contributed by atoms with Gasteiger partial charge in [0.1, 0.15) is 12.4 Å². The zero-order chi connectivity index (χ0) is 14.4. The first-order valence-corrected chi connectivity index (χ1v) is 7.55. The summed E-state index contributed by atoms with van der Waals surface area (Å²) in [5.74, 6) is 0.818. The molecule has 0 atom stereocenters. The van der Waals surface area contributed by atoms with Gasteiger partial charge in [-0.05, 0) is 29.6 Å². The van der Waals surface area contributed by atoms with E-state index in [-0.39, 0.29) is 5.91 Å². The second-order valence-corrected chi connectivity index (χ2v) is 5.85. The molecule has 0 aliphatic rings. The van der Waals surface area contributed by atoms with Gasteiger partial charge in [-0.2, -0.15) is 0 Å². The largest absolute Gasteiger partial charge is 0.492 e. The summed E-state index contributed by atoms with van der Waals surface area (Å²) in [7, 11) is 1.79. The van der Waals surface area contributed by atoms with Gasteiger partial charge < -0.3 is 9.64 Å². The van der Waals surface area contributed by atoms with Crippen molar-refractivity contribution in [3.05, 3.63) is 51.7 Å². The van der Waals surface area contributed by atoms with Crippen molar-refractivity contribution in [2.24, 2.45) is 0 Å². The fraction of sp³-hybridized carbons (Fsp3) is 0.267. The molecule has 0 saturated carbocycles. The summed E-state index contributed by atoms with van der Waals surface area (Å²) in [4.78, 5) is 14.7. The predicted molar refractivity (Wildman–Crippen MR) is 82.6 cm³/mol. The molecule has 0 N–H and O–H groups in total. The number of nitrogens with zero attached hydrogens (tertiary/aromatic N) is 1. The van der Waals surface area contributed by atoms with E-state index in [1.165, 1.54) is 0 Å². The van der Waals surface area contributed by atoms with Gasteiger partial charge in [0, 0.05) is 16.9 Å². The lowest BCUT2D eigenvalue weighted by atomic mass is 10.3. The molecule has 1 aromatic heterocycles. The molecule has 1 amide bonds.